The molecule has 1 aliphatic carbocycles. The van der Waals surface area contributed by atoms with Gasteiger partial charge in [-0.15, -0.1) is 0 Å². The third-order valence-electron chi connectivity index (χ3n) is 3.44. The van der Waals surface area contributed by atoms with Gasteiger partial charge in [-0.05, 0) is 30.7 Å². The number of Topliss-reactive ketones (excluding diaryl/α,β-unsaturated/α-hetero) is 1. The molecule has 1 nitrogen and oxygen atoms in total. The molecule has 15 heavy (non-hydrogen) atoms. The molecular formula is C14H18O. The molecular weight excluding hydrogens is 184 g/mol. The van der Waals surface area contributed by atoms with Gasteiger partial charge in [0.2, 0.25) is 0 Å². The zero-order valence-corrected chi connectivity index (χ0v) is 9.44. The van der Waals surface area contributed by atoms with Gasteiger partial charge in [-0.25, -0.2) is 0 Å². The van der Waals surface area contributed by atoms with E-state index in [1.54, 1.807) is 6.92 Å². The van der Waals surface area contributed by atoms with Crippen LogP contribution in [-0.2, 0) is 4.79 Å². The standard InChI is InChI=1S/C14H18O/c1-3-7-12-13(10(2)15)14(12)11-8-5-4-6-9-11/h4-6,8-9,12-14H,3,7H2,1-2H3/t12-,13+,14+/m1/s1. The number of hydrogen-bond acceptors (Lipinski definition) is 1. The quantitative estimate of drug-likeness (QED) is 0.731. The fourth-order valence-electron chi connectivity index (χ4n) is 2.75. The molecule has 0 N–H and O–H groups in total. The monoisotopic (exact) mass is 202 g/mol. The molecule has 0 aromatic heterocycles. The van der Waals surface area contributed by atoms with Crippen molar-refractivity contribution in [1.29, 1.82) is 0 Å². The third kappa shape index (κ3) is 1.97. The zero-order chi connectivity index (χ0) is 10.8. The number of benzene rings is 1. The van der Waals surface area contributed by atoms with E-state index in [1.165, 1.54) is 18.4 Å². The van der Waals surface area contributed by atoms with E-state index >= 15 is 0 Å². The van der Waals surface area contributed by atoms with Crippen LogP contribution in [0, 0.1) is 11.8 Å². The lowest BCUT2D eigenvalue weighted by atomic mass is 10.1. The van der Waals surface area contributed by atoms with Gasteiger partial charge in [-0.2, -0.15) is 0 Å². The average molecular weight is 202 g/mol. The van der Waals surface area contributed by atoms with Crippen LogP contribution in [0.2, 0.25) is 0 Å². The van der Waals surface area contributed by atoms with Crippen LogP contribution in [0.4, 0.5) is 0 Å². The van der Waals surface area contributed by atoms with E-state index in [1.807, 2.05) is 6.07 Å². The first-order chi connectivity index (χ1) is 7.25. The Labute approximate surface area is 91.5 Å². The van der Waals surface area contributed by atoms with E-state index in [0.717, 1.165) is 0 Å². The highest BCUT2D eigenvalue weighted by molar-refractivity contribution is 5.83. The SMILES string of the molecule is CCC[C@@H]1[C@H](C(C)=O)[C@H]1c1ccccc1. The van der Waals surface area contributed by atoms with Gasteiger partial charge in [-0.1, -0.05) is 43.7 Å². The summed E-state index contributed by atoms with van der Waals surface area (Å²) in [6.45, 7) is 3.92. The van der Waals surface area contributed by atoms with Crippen LogP contribution in [0.25, 0.3) is 0 Å². The van der Waals surface area contributed by atoms with E-state index in [-0.39, 0.29) is 0 Å². The molecule has 0 bridgehead atoms. The molecule has 0 radical (unpaired) electrons. The number of rotatable bonds is 4. The average Bonchev–Trinajstić information content (AvgIpc) is 2.94. The molecule has 0 amide bonds. The van der Waals surface area contributed by atoms with E-state index < -0.39 is 0 Å². The van der Waals surface area contributed by atoms with Gasteiger partial charge in [0.25, 0.3) is 0 Å². The Morgan fingerprint density at radius 3 is 2.47 bits per heavy atom. The van der Waals surface area contributed by atoms with Gasteiger partial charge < -0.3 is 0 Å². The van der Waals surface area contributed by atoms with Crippen molar-refractivity contribution in [2.45, 2.75) is 32.6 Å². The van der Waals surface area contributed by atoms with Crippen LogP contribution >= 0.6 is 0 Å². The second kappa shape index (κ2) is 4.18. The van der Waals surface area contributed by atoms with Crippen molar-refractivity contribution in [1.82, 2.24) is 0 Å². The summed E-state index contributed by atoms with van der Waals surface area (Å²) in [4.78, 5) is 11.5. The zero-order valence-electron chi connectivity index (χ0n) is 9.44. The van der Waals surface area contributed by atoms with Crippen LogP contribution in [-0.4, -0.2) is 5.78 Å². The topological polar surface area (TPSA) is 17.1 Å². The van der Waals surface area contributed by atoms with Gasteiger partial charge in [0.05, 0.1) is 0 Å². The lowest BCUT2D eigenvalue weighted by Gasteiger charge is -1.97. The van der Waals surface area contributed by atoms with Crippen molar-refractivity contribution >= 4 is 5.78 Å². The summed E-state index contributed by atoms with van der Waals surface area (Å²) in [5.74, 6) is 1.77. The number of ketones is 1. The van der Waals surface area contributed by atoms with Crippen molar-refractivity contribution in [3.8, 4) is 0 Å². The first-order valence-corrected chi connectivity index (χ1v) is 5.81. The summed E-state index contributed by atoms with van der Waals surface area (Å²) in [6, 6.07) is 10.5. The Hall–Kier alpha value is -1.11. The summed E-state index contributed by atoms with van der Waals surface area (Å²) in [6.07, 6.45) is 2.36. The van der Waals surface area contributed by atoms with E-state index in [0.29, 0.717) is 23.5 Å². The van der Waals surface area contributed by atoms with Gasteiger partial charge in [0.1, 0.15) is 5.78 Å². The molecule has 1 saturated carbocycles. The van der Waals surface area contributed by atoms with E-state index in [4.69, 9.17) is 0 Å². The minimum Gasteiger partial charge on any atom is -0.300 e. The van der Waals surface area contributed by atoms with Crippen LogP contribution in [0.15, 0.2) is 30.3 Å². The molecule has 1 aromatic rings. The fraction of sp³-hybridized carbons (Fsp3) is 0.500. The molecule has 1 aliphatic rings. The highest BCUT2D eigenvalue weighted by atomic mass is 16.1. The van der Waals surface area contributed by atoms with Crippen molar-refractivity contribution in [2.75, 3.05) is 0 Å². The summed E-state index contributed by atoms with van der Waals surface area (Å²) < 4.78 is 0. The van der Waals surface area contributed by atoms with E-state index in [2.05, 4.69) is 31.2 Å². The minimum atomic E-state index is 0.298. The Balaban J connectivity index is 2.14. The third-order valence-corrected chi connectivity index (χ3v) is 3.44. The number of hydrogen-bond donors (Lipinski definition) is 0. The fourth-order valence-corrected chi connectivity index (χ4v) is 2.75. The van der Waals surface area contributed by atoms with Crippen LogP contribution < -0.4 is 0 Å². The second-order valence-electron chi connectivity index (χ2n) is 4.53. The minimum absolute atomic E-state index is 0.298. The highest BCUT2D eigenvalue weighted by Crippen LogP contribution is 2.56. The molecule has 0 saturated heterocycles. The van der Waals surface area contributed by atoms with Gasteiger partial charge in [-0.3, -0.25) is 4.79 Å². The van der Waals surface area contributed by atoms with Gasteiger partial charge >= 0.3 is 0 Å². The molecule has 0 heterocycles. The molecule has 3 atom stereocenters. The van der Waals surface area contributed by atoms with Gasteiger partial charge in [0, 0.05) is 5.92 Å². The molecule has 0 unspecified atom stereocenters. The first-order valence-electron chi connectivity index (χ1n) is 5.81. The number of carbonyl (C=O) groups is 1. The summed E-state index contributed by atoms with van der Waals surface area (Å²) in [7, 11) is 0. The van der Waals surface area contributed by atoms with Crippen LogP contribution in [0.3, 0.4) is 0 Å². The molecule has 1 heteroatoms. The van der Waals surface area contributed by atoms with Crippen molar-refractivity contribution < 1.29 is 4.79 Å². The molecule has 0 spiro atoms. The van der Waals surface area contributed by atoms with Gasteiger partial charge in [0.15, 0.2) is 0 Å². The largest absolute Gasteiger partial charge is 0.300 e. The van der Waals surface area contributed by atoms with Crippen molar-refractivity contribution in [3.63, 3.8) is 0 Å². The summed E-state index contributed by atoms with van der Waals surface area (Å²) in [5, 5.41) is 0. The Morgan fingerprint density at radius 2 is 1.93 bits per heavy atom. The highest BCUT2D eigenvalue weighted by Gasteiger charge is 2.52. The maximum Gasteiger partial charge on any atom is 0.133 e. The number of carbonyl (C=O) groups excluding carboxylic acids is 1. The molecule has 2 rings (SSSR count). The molecule has 80 valence electrons. The lowest BCUT2D eigenvalue weighted by Crippen LogP contribution is -1.95. The Morgan fingerprint density at radius 1 is 1.27 bits per heavy atom. The lowest BCUT2D eigenvalue weighted by molar-refractivity contribution is -0.118. The van der Waals surface area contributed by atoms with Crippen molar-refractivity contribution in [3.05, 3.63) is 35.9 Å². The summed E-state index contributed by atoms with van der Waals surface area (Å²) >= 11 is 0. The van der Waals surface area contributed by atoms with Crippen LogP contribution in [0.5, 0.6) is 0 Å². The smallest absolute Gasteiger partial charge is 0.133 e. The maximum absolute atomic E-state index is 11.5. The Kier molecular flexibility index (Phi) is 2.90. The predicted molar refractivity (Wildman–Crippen MR) is 61.8 cm³/mol. The summed E-state index contributed by atoms with van der Waals surface area (Å²) in [5.41, 5.74) is 1.34. The van der Waals surface area contributed by atoms with Crippen LogP contribution in [0.1, 0.15) is 38.2 Å². The Bertz CT molecular complexity index is 342. The van der Waals surface area contributed by atoms with E-state index in [9.17, 15) is 4.79 Å². The predicted octanol–water partition coefficient (Wildman–Crippen LogP) is 3.41. The molecule has 0 aliphatic heterocycles. The molecule has 1 aromatic carbocycles. The first kappa shape index (κ1) is 10.4. The normalized spacial score (nSPS) is 28.8. The molecule has 1 fully saturated rings. The maximum atomic E-state index is 11.5. The van der Waals surface area contributed by atoms with Crippen molar-refractivity contribution in [2.24, 2.45) is 11.8 Å². The second-order valence-corrected chi connectivity index (χ2v) is 4.53.